The molecule has 3 aromatic carbocycles. The minimum atomic E-state index is -0.468. The summed E-state index contributed by atoms with van der Waals surface area (Å²) >= 11 is 6.18. The summed E-state index contributed by atoms with van der Waals surface area (Å²) in [6.07, 6.45) is 0.905. The summed E-state index contributed by atoms with van der Waals surface area (Å²) in [4.78, 5) is 30.2. The number of aryl methyl sites for hydroxylation is 2. The first-order valence-corrected chi connectivity index (χ1v) is 11.7. The summed E-state index contributed by atoms with van der Waals surface area (Å²) in [5.74, 6) is 0.522. The van der Waals surface area contributed by atoms with Gasteiger partial charge in [0, 0.05) is 13.1 Å². The lowest BCUT2D eigenvalue weighted by atomic mass is 10.0. The molecule has 4 aromatic rings. The summed E-state index contributed by atoms with van der Waals surface area (Å²) < 4.78 is 2.16. The predicted molar refractivity (Wildman–Crippen MR) is 135 cm³/mol. The maximum Gasteiger partial charge on any atom is 0.253 e. The third-order valence-electron chi connectivity index (χ3n) is 5.74. The van der Waals surface area contributed by atoms with Crippen molar-refractivity contribution in [2.24, 2.45) is 0 Å². The second kappa shape index (κ2) is 11.0. The average molecular weight is 475 g/mol. The van der Waals surface area contributed by atoms with Gasteiger partial charge in [0.2, 0.25) is 5.91 Å². The van der Waals surface area contributed by atoms with E-state index < -0.39 is 6.04 Å². The number of imidazole rings is 1. The molecule has 0 saturated carbocycles. The Balaban J connectivity index is 1.35. The van der Waals surface area contributed by atoms with Crippen LogP contribution in [0.1, 0.15) is 40.6 Å². The van der Waals surface area contributed by atoms with Crippen LogP contribution in [0, 0.1) is 6.92 Å². The summed E-state index contributed by atoms with van der Waals surface area (Å²) in [6, 6.07) is 23.9. The minimum Gasteiger partial charge on any atom is -0.356 e. The van der Waals surface area contributed by atoms with Gasteiger partial charge in [-0.15, -0.1) is 0 Å². The zero-order chi connectivity index (χ0) is 23.9. The van der Waals surface area contributed by atoms with Crippen LogP contribution in [0.3, 0.4) is 0 Å². The third-order valence-corrected chi connectivity index (χ3v) is 6.07. The van der Waals surface area contributed by atoms with Crippen LogP contribution in [0.25, 0.3) is 11.0 Å². The molecule has 1 aromatic heterocycles. The molecule has 1 unspecified atom stereocenters. The van der Waals surface area contributed by atoms with Crippen molar-refractivity contribution in [3.8, 4) is 0 Å². The second-order valence-electron chi connectivity index (χ2n) is 8.12. The first-order valence-electron chi connectivity index (χ1n) is 11.3. The highest BCUT2D eigenvalue weighted by Crippen LogP contribution is 2.20. The average Bonchev–Trinajstić information content (AvgIpc) is 3.17. The van der Waals surface area contributed by atoms with Crippen LogP contribution in [0.15, 0.2) is 78.9 Å². The van der Waals surface area contributed by atoms with E-state index in [1.807, 2.05) is 55.5 Å². The predicted octanol–water partition coefficient (Wildman–Crippen LogP) is 5.07. The lowest BCUT2D eigenvalue weighted by Gasteiger charge is -2.19. The fourth-order valence-electron chi connectivity index (χ4n) is 4.02. The number of carbonyl (C=O) groups excluding carboxylic acids is 2. The number of halogens is 1. The minimum absolute atomic E-state index is 0.125. The molecule has 6 nitrogen and oxygen atoms in total. The van der Waals surface area contributed by atoms with Gasteiger partial charge in [0.15, 0.2) is 0 Å². The monoisotopic (exact) mass is 474 g/mol. The molecule has 7 heteroatoms. The van der Waals surface area contributed by atoms with E-state index in [-0.39, 0.29) is 18.2 Å². The van der Waals surface area contributed by atoms with E-state index in [2.05, 4.69) is 26.3 Å². The Hall–Kier alpha value is -3.64. The largest absolute Gasteiger partial charge is 0.356 e. The molecule has 2 amide bonds. The van der Waals surface area contributed by atoms with E-state index in [0.717, 1.165) is 35.4 Å². The Morgan fingerprint density at radius 1 is 0.971 bits per heavy atom. The molecular formula is C27H27ClN4O2. The summed E-state index contributed by atoms with van der Waals surface area (Å²) in [5.41, 5.74) is 3.31. The quantitative estimate of drug-likeness (QED) is 0.333. The highest BCUT2D eigenvalue weighted by atomic mass is 35.5. The Morgan fingerprint density at radius 3 is 2.47 bits per heavy atom. The van der Waals surface area contributed by atoms with Crippen molar-refractivity contribution in [2.75, 3.05) is 6.54 Å². The van der Waals surface area contributed by atoms with Gasteiger partial charge in [-0.1, -0.05) is 66.2 Å². The van der Waals surface area contributed by atoms with Crippen molar-refractivity contribution in [1.82, 2.24) is 20.2 Å². The van der Waals surface area contributed by atoms with Crippen LogP contribution >= 0.6 is 11.6 Å². The number of para-hydroxylation sites is 2. The Morgan fingerprint density at radius 2 is 1.68 bits per heavy atom. The number of amides is 2. The summed E-state index contributed by atoms with van der Waals surface area (Å²) in [5, 5.41) is 6.33. The molecule has 0 aliphatic rings. The first kappa shape index (κ1) is 23.5. The van der Waals surface area contributed by atoms with Gasteiger partial charge in [-0.05, 0) is 43.2 Å². The number of hydrogen-bond donors (Lipinski definition) is 2. The molecular weight excluding hydrogens is 448 g/mol. The number of hydrogen-bond acceptors (Lipinski definition) is 3. The van der Waals surface area contributed by atoms with Gasteiger partial charge in [0.25, 0.3) is 5.91 Å². The molecule has 0 radical (unpaired) electrons. The van der Waals surface area contributed by atoms with Gasteiger partial charge in [-0.2, -0.15) is 0 Å². The van der Waals surface area contributed by atoms with Crippen LogP contribution in [0.5, 0.6) is 0 Å². The van der Waals surface area contributed by atoms with Crippen LogP contribution in [-0.4, -0.2) is 27.9 Å². The van der Waals surface area contributed by atoms with Crippen molar-refractivity contribution in [3.63, 3.8) is 0 Å². The molecule has 0 aliphatic carbocycles. The number of fused-ring (bicyclic) bond motifs is 1. The molecule has 34 heavy (non-hydrogen) atoms. The fraction of sp³-hybridized carbons (Fsp3) is 0.222. The highest BCUT2D eigenvalue weighted by Gasteiger charge is 2.20. The molecule has 0 fully saturated rings. The number of aromatic nitrogens is 2. The molecule has 0 bridgehead atoms. The molecule has 2 N–H and O–H groups in total. The van der Waals surface area contributed by atoms with E-state index in [0.29, 0.717) is 17.1 Å². The van der Waals surface area contributed by atoms with Gasteiger partial charge < -0.3 is 15.2 Å². The third kappa shape index (κ3) is 5.64. The van der Waals surface area contributed by atoms with Gasteiger partial charge in [-0.3, -0.25) is 9.59 Å². The maximum absolute atomic E-state index is 12.8. The Labute approximate surface area is 204 Å². The number of nitrogens with zero attached hydrogens (tertiary/aromatic N) is 2. The first-order chi connectivity index (χ1) is 16.5. The number of rotatable bonds is 9. The molecule has 0 aliphatic heterocycles. The van der Waals surface area contributed by atoms with Crippen molar-refractivity contribution in [3.05, 3.63) is 101 Å². The molecule has 4 rings (SSSR count). The highest BCUT2D eigenvalue weighted by molar-refractivity contribution is 6.33. The lowest BCUT2D eigenvalue weighted by Crippen LogP contribution is -2.34. The van der Waals surface area contributed by atoms with Crippen LogP contribution < -0.4 is 10.6 Å². The number of benzene rings is 3. The van der Waals surface area contributed by atoms with E-state index >= 15 is 0 Å². The second-order valence-corrected chi connectivity index (χ2v) is 8.53. The molecule has 0 spiro atoms. The Bertz CT molecular complexity index is 1290. The molecule has 0 saturated heterocycles. The van der Waals surface area contributed by atoms with Crippen LogP contribution in [-0.2, 0) is 11.3 Å². The van der Waals surface area contributed by atoms with Gasteiger partial charge >= 0.3 is 0 Å². The van der Waals surface area contributed by atoms with Crippen molar-refractivity contribution >= 4 is 34.4 Å². The zero-order valence-electron chi connectivity index (χ0n) is 19.0. The standard InChI is InChI=1S/C27H27ClN4O2/c1-19-30-23-14-7-8-15-25(23)32(19)17-9-16-29-26(33)18-24(20-10-3-2-4-11-20)31-27(34)21-12-5-6-13-22(21)28/h2-8,10-15,24H,9,16-18H2,1H3,(H,29,33)(H,31,34). The lowest BCUT2D eigenvalue weighted by molar-refractivity contribution is -0.121. The normalized spacial score (nSPS) is 11.8. The molecule has 1 heterocycles. The summed E-state index contributed by atoms with van der Waals surface area (Å²) in [6.45, 7) is 3.29. The summed E-state index contributed by atoms with van der Waals surface area (Å²) in [7, 11) is 0. The maximum atomic E-state index is 12.8. The van der Waals surface area contributed by atoms with Gasteiger partial charge in [0.1, 0.15) is 5.82 Å². The van der Waals surface area contributed by atoms with Gasteiger partial charge in [-0.25, -0.2) is 4.98 Å². The van der Waals surface area contributed by atoms with E-state index in [9.17, 15) is 9.59 Å². The fourth-order valence-corrected chi connectivity index (χ4v) is 4.24. The van der Waals surface area contributed by atoms with E-state index in [1.165, 1.54) is 0 Å². The smallest absolute Gasteiger partial charge is 0.253 e. The topological polar surface area (TPSA) is 76.0 Å². The van der Waals surface area contributed by atoms with Crippen molar-refractivity contribution in [1.29, 1.82) is 0 Å². The molecule has 1 atom stereocenters. The van der Waals surface area contributed by atoms with E-state index in [4.69, 9.17) is 11.6 Å². The molecule has 174 valence electrons. The van der Waals surface area contributed by atoms with Crippen molar-refractivity contribution < 1.29 is 9.59 Å². The zero-order valence-corrected chi connectivity index (χ0v) is 19.8. The Kier molecular flexibility index (Phi) is 7.60. The number of carbonyl (C=O) groups is 2. The number of nitrogens with one attached hydrogen (secondary N) is 2. The van der Waals surface area contributed by atoms with Crippen molar-refractivity contribution in [2.45, 2.75) is 32.4 Å². The van der Waals surface area contributed by atoms with E-state index in [1.54, 1.807) is 24.3 Å². The van der Waals surface area contributed by atoms with Crippen LogP contribution in [0.2, 0.25) is 5.02 Å². The van der Waals surface area contributed by atoms with Crippen LogP contribution in [0.4, 0.5) is 0 Å². The SMILES string of the molecule is Cc1nc2ccccc2n1CCCNC(=O)CC(NC(=O)c1ccccc1Cl)c1ccccc1. The van der Waals surface area contributed by atoms with Gasteiger partial charge in [0.05, 0.1) is 34.1 Å².